The van der Waals surface area contributed by atoms with Gasteiger partial charge >= 0.3 is 0 Å². The first-order chi connectivity index (χ1) is 13.3. The number of nitrogens with one attached hydrogen (secondary N) is 1. The van der Waals surface area contributed by atoms with Crippen LogP contribution in [-0.4, -0.2) is 16.0 Å². The Kier molecular flexibility index (Phi) is 5.58. The highest BCUT2D eigenvalue weighted by atomic mass is 32.2. The zero-order valence-electron chi connectivity index (χ0n) is 15.3. The number of rotatable bonds is 6. The van der Waals surface area contributed by atoms with Crippen LogP contribution in [0.2, 0.25) is 0 Å². The molecule has 1 heterocycles. The molecule has 4 rings (SSSR count). The lowest BCUT2D eigenvalue weighted by Gasteiger charge is -2.17. The fourth-order valence-electron chi connectivity index (χ4n) is 3.37. The molecule has 1 saturated carbocycles. The van der Waals surface area contributed by atoms with Gasteiger partial charge in [-0.2, -0.15) is 0 Å². The Morgan fingerprint density at radius 2 is 1.59 bits per heavy atom. The summed E-state index contributed by atoms with van der Waals surface area (Å²) in [5, 5.41) is 4.41. The molecular formula is C22H24N4S. The molecule has 0 atom stereocenters. The molecule has 0 saturated heterocycles. The zero-order valence-corrected chi connectivity index (χ0v) is 16.1. The molecule has 2 aromatic carbocycles. The van der Waals surface area contributed by atoms with Crippen molar-refractivity contribution >= 4 is 23.3 Å². The van der Waals surface area contributed by atoms with E-state index in [0.717, 1.165) is 28.0 Å². The number of nitrogen functional groups attached to an aromatic ring is 1. The van der Waals surface area contributed by atoms with Gasteiger partial charge in [-0.25, -0.2) is 9.97 Å². The maximum Gasteiger partial charge on any atom is 0.162 e. The van der Waals surface area contributed by atoms with Crippen molar-refractivity contribution in [1.29, 1.82) is 0 Å². The lowest BCUT2D eigenvalue weighted by molar-refractivity contribution is 0.749. The maximum atomic E-state index is 6.46. The molecule has 138 valence electrons. The van der Waals surface area contributed by atoms with E-state index < -0.39 is 0 Å². The highest BCUT2D eigenvalue weighted by molar-refractivity contribution is 7.98. The Morgan fingerprint density at radius 3 is 2.30 bits per heavy atom. The molecule has 3 aromatic rings. The lowest BCUT2D eigenvalue weighted by Crippen LogP contribution is -2.18. The van der Waals surface area contributed by atoms with Gasteiger partial charge < -0.3 is 11.1 Å². The van der Waals surface area contributed by atoms with Crippen LogP contribution in [0, 0.1) is 0 Å². The van der Waals surface area contributed by atoms with Crippen LogP contribution >= 0.6 is 11.8 Å². The van der Waals surface area contributed by atoms with Gasteiger partial charge in [-0.1, -0.05) is 85.3 Å². The molecule has 1 aliphatic rings. The topological polar surface area (TPSA) is 63.8 Å². The van der Waals surface area contributed by atoms with Crippen LogP contribution in [0.4, 0.5) is 11.5 Å². The molecule has 3 N–H and O–H groups in total. The summed E-state index contributed by atoms with van der Waals surface area (Å²) in [6, 6.07) is 21.0. The van der Waals surface area contributed by atoms with Gasteiger partial charge in [0.15, 0.2) is 11.6 Å². The third-order valence-electron chi connectivity index (χ3n) is 4.86. The normalized spacial score (nSPS) is 14.4. The molecule has 0 radical (unpaired) electrons. The summed E-state index contributed by atoms with van der Waals surface area (Å²) >= 11 is 1.66. The summed E-state index contributed by atoms with van der Waals surface area (Å²) in [6.45, 7) is 0. The Labute approximate surface area is 164 Å². The number of anilines is 2. The smallest absolute Gasteiger partial charge is 0.162 e. The Bertz CT molecular complexity index is 878. The number of nitrogens with zero attached hydrogens (tertiary/aromatic N) is 2. The number of thioether (sulfide) groups is 1. The van der Waals surface area contributed by atoms with Crippen molar-refractivity contribution in [3.05, 3.63) is 66.2 Å². The SMILES string of the molecule is Nc1c(NC2CCCC2)nc(-c2ccccc2)nc1SCc1ccccc1. The van der Waals surface area contributed by atoms with E-state index in [1.54, 1.807) is 11.8 Å². The highest BCUT2D eigenvalue weighted by Gasteiger charge is 2.19. The van der Waals surface area contributed by atoms with E-state index in [0.29, 0.717) is 11.7 Å². The van der Waals surface area contributed by atoms with Gasteiger partial charge in [0.25, 0.3) is 0 Å². The van der Waals surface area contributed by atoms with Crippen molar-refractivity contribution in [2.24, 2.45) is 0 Å². The van der Waals surface area contributed by atoms with Gasteiger partial charge in [0, 0.05) is 17.4 Å². The first kappa shape index (κ1) is 17.9. The van der Waals surface area contributed by atoms with Crippen LogP contribution in [-0.2, 0) is 5.75 Å². The molecule has 5 heteroatoms. The summed E-state index contributed by atoms with van der Waals surface area (Å²) in [7, 11) is 0. The summed E-state index contributed by atoms with van der Waals surface area (Å²) in [5.74, 6) is 2.33. The Balaban J connectivity index is 1.65. The first-order valence-corrected chi connectivity index (χ1v) is 10.4. The Morgan fingerprint density at radius 1 is 0.926 bits per heavy atom. The molecule has 0 aliphatic heterocycles. The molecule has 0 amide bonds. The summed E-state index contributed by atoms with van der Waals surface area (Å²) in [4.78, 5) is 9.54. The summed E-state index contributed by atoms with van der Waals surface area (Å²) < 4.78 is 0. The molecular weight excluding hydrogens is 352 g/mol. The van der Waals surface area contributed by atoms with E-state index in [1.807, 2.05) is 36.4 Å². The molecule has 1 aliphatic carbocycles. The minimum atomic E-state index is 0.456. The van der Waals surface area contributed by atoms with Gasteiger partial charge in [-0.3, -0.25) is 0 Å². The second-order valence-corrected chi connectivity index (χ2v) is 7.84. The predicted molar refractivity (Wildman–Crippen MR) is 114 cm³/mol. The molecule has 1 aromatic heterocycles. The third-order valence-corrected chi connectivity index (χ3v) is 5.92. The second-order valence-electron chi connectivity index (χ2n) is 6.88. The van der Waals surface area contributed by atoms with Crippen LogP contribution < -0.4 is 11.1 Å². The van der Waals surface area contributed by atoms with Crippen LogP contribution in [0.1, 0.15) is 31.2 Å². The number of hydrogen-bond acceptors (Lipinski definition) is 5. The van der Waals surface area contributed by atoms with Crippen molar-refractivity contribution in [1.82, 2.24) is 9.97 Å². The molecule has 4 nitrogen and oxygen atoms in total. The van der Waals surface area contributed by atoms with Crippen molar-refractivity contribution < 1.29 is 0 Å². The number of nitrogens with two attached hydrogens (primary N) is 1. The standard InChI is InChI=1S/C22H24N4S/c23-19-21(24-18-13-7-8-14-18)25-20(17-11-5-2-6-12-17)26-22(19)27-15-16-9-3-1-4-10-16/h1-6,9-12,18H,7-8,13-15,23H2,(H,24,25,26). The quantitative estimate of drug-likeness (QED) is 0.447. The van der Waals surface area contributed by atoms with E-state index >= 15 is 0 Å². The molecule has 1 fully saturated rings. The average Bonchev–Trinajstić information content (AvgIpc) is 3.23. The van der Waals surface area contributed by atoms with Gasteiger partial charge in [0.1, 0.15) is 10.7 Å². The van der Waals surface area contributed by atoms with Crippen molar-refractivity contribution in [3.63, 3.8) is 0 Å². The van der Waals surface area contributed by atoms with Gasteiger partial charge in [-0.15, -0.1) is 0 Å². The average molecular weight is 377 g/mol. The number of hydrogen-bond donors (Lipinski definition) is 2. The lowest BCUT2D eigenvalue weighted by atomic mass is 10.2. The van der Waals surface area contributed by atoms with E-state index in [2.05, 4.69) is 29.6 Å². The predicted octanol–water partition coefficient (Wildman–Crippen LogP) is 5.37. The molecule has 0 unspecified atom stereocenters. The van der Waals surface area contributed by atoms with Gasteiger partial charge in [0.2, 0.25) is 0 Å². The van der Waals surface area contributed by atoms with Crippen molar-refractivity contribution in [2.45, 2.75) is 42.5 Å². The van der Waals surface area contributed by atoms with Crippen LogP contribution in [0.3, 0.4) is 0 Å². The maximum absolute atomic E-state index is 6.46. The monoisotopic (exact) mass is 376 g/mol. The minimum Gasteiger partial charge on any atom is -0.394 e. The second kappa shape index (κ2) is 8.44. The number of benzene rings is 2. The molecule has 27 heavy (non-hydrogen) atoms. The fraction of sp³-hybridized carbons (Fsp3) is 0.273. The van der Waals surface area contributed by atoms with E-state index in [-0.39, 0.29) is 0 Å². The fourth-order valence-corrected chi connectivity index (χ4v) is 4.27. The van der Waals surface area contributed by atoms with Crippen LogP contribution in [0.15, 0.2) is 65.7 Å². The molecule has 0 spiro atoms. The van der Waals surface area contributed by atoms with Crippen molar-refractivity contribution in [2.75, 3.05) is 11.1 Å². The van der Waals surface area contributed by atoms with Gasteiger partial charge in [0.05, 0.1) is 0 Å². The first-order valence-electron chi connectivity index (χ1n) is 9.46. The van der Waals surface area contributed by atoms with Gasteiger partial charge in [-0.05, 0) is 18.4 Å². The van der Waals surface area contributed by atoms with Crippen molar-refractivity contribution in [3.8, 4) is 11.4 Å². The van der Waals surface area contributed by atoms with E-state index in [9.17, 15) is 0 Å². The zero-order chi connectivity index (χ0) is 18.5. The summed E-state index contributed by atoms with van der Waals surface area (Å²) in [6.07, 6.45) is 4.89. The highest BCUT2D eigenvalue weighted by Crippen LogP contribution is 2.34. The van der Waals surface area contributed by atoms with Crippen LogP contribution in [0.5, 0.6) is 0 Å². The van der Waals surface area contributed by atoms with E-state index in [4.69, 9.17) is 15.7 Å². The Hall–Kier alpha value is -2.53. The summed E-state index contributed by atoms with van der Waals surface area (Å²) in [5.41, 5.74) is 9.38. The largest absolute Gasteiger partial charge is 0.394 e. The minimum absolute atomic E-state index is 0.456. The van der Waals surface area contributed by atoms with Crippen LogP contribution in [0.25, 0.3) is 11.4 Å². The number of aromatic nitrogens is 2. The third kappa shape index (κ3) is 4.42. The van der Waals surface area contributed by atoms with E-state index in [1.165, 1.54) is 31.2 Å². The molecule has 0 bridgehead atoms.